The molecule has 7 heteroatoms. The molecule has 2 rings (SSSR count). The van der Waals surface area contributed by atoms with Crippen LogP contribution in [0.4, 0.5) is 18.9 Å². The zero-order valence-electron chi connectivity index (χ0n) is 7.80. The van der Waals surface area contributed by atoms with Gasteiger partial charge in [0.15, 0.2) is 18.1 Å². The predicted molar refractivity (Wildman–Crippen MR) is 47.2 cm³/mol. The van der Waals surface area contributed by atoms with Crippen molar-refractivity contribution in [3.8, 4) is 11.5 Å². The van der Waals surface area contributed by atoms with Gasteiger partial charge in [-0.3, -0.25) is 4.79 Å². The van der Waals surface area contributed by atoms with Gasteiger partial charge in [-0.25, -0.2) is 0 Å². The van der Waals surface area contributed by atoms with E-state index in [-0.39, 0.29) is 18.0 Å². The summed E-state index contributed by atoms with van der Waals surface area (Å²) in [5, 5.41) is 2.37. The average molecular weight is 233 g/mol. The van der Waals surface area contributed by atoms with Crippen LogP contribution >= 0.6 is 0 Å². The minimum Gasteiger partial charge on any atom is -0.478 e. The van der Waals surface area contributed by atoms with Crippen molar-refractivity contribution in [2.24, 2.45) is 0 Å². The van der Waals surface area contributed by atoms with Crippen LogP contribution < -0.4 is 14.8 Å². The van der Waals surface area contributed by atoms with Gasteiger partial charge in [0.05, 0.1) is 5.69 Å². The Kier molecular flexibility index (Phi) is 2.37. The van der Waals surface area contributed by atoms with Crippen molar-refractivity contribution in [3.05, 3.63) is 18.2 Å². The van der Waals surface area contributed by atoms with E-state index in [4.69, 9.17) is 4.74 Å². The van der Waals surface area contributed by atoms with Crippen LogP contribution in [0, 0.1) is 0 Å². The van der Waals surface area contributed by atoms with Crippen molar-refractivity contribution < 1.29 is 27.4 Å². The highest BCUT2D eigenvalue weighted by atomic mass is 19.4. The molecule has 1 aliphatic heterocycles. The van der Waals surface area contributed by atoms with E-state index in [9.17, 15) is 18.0 Å². The summed E-state index contributed by atoms with van der Waals surface area (Å²) in [6.07, 6.45) is -4.79. The zero-order valence-corrected chi connectivity index (χ0v) is 7.80. The van der Waals surface area contributed by atoms with E-state index in [0.29, 0.717) is 0 Å². The number of carbonyl (C=O) groups excluding carboxylic acids is 1. The molecular formula is C9H6F3NO3. The second-order valence-corrected chi connectivity index (χ2v) is 3.02. The first kappa shape index (κ1) is 10.6. The van der Waals surface area contributed by atoms with Crippen LogP contribution in [0.15, 0.2) is 18.2 Å². The maximum atomic E-state index is 12.0. The topological polar surface area (TPSA) is 47.6 Å². The summed E-state index contributed by atoms with van der Waals surface area (Å²) in [5.74, 6) is -0.999. The fourth-order valence-corrected chi connectivity index (χ4v) is 1.29. The number of alkyl halides is 3. The van der Waals surface area contributed by atoms with Crippen LogP contribution in [0.25, 0.3) is 0 Å². The molecule has 1 N–H and O–H groups in total. The summed E-state index contributed by atoms with van der Waals surface area (Å²) in [7, 11) is 0. The molecule has 0 unspecified atom stereocenters. The smallest absolute Gasteiger partial charge is 0.478 e. The maximum Gasteiger partial charge on any atom is 0.573 e. The third-order valence-corrected chi connectivity index (χ3v) is 1.83. The van der Waals surface area contributed by atoms with Crippen molar-refractivity contribution >= 4 is 11.6 Å². The summed E-state index contributed by atoms with van der Waals surface area (Å²) in [6, 6.07) is 3.87. The molecule has 0 radical (unpaired) electrons. The van der Waals surface area contributed by atoms with Crippen molar-refractivity contribution in [1.82, 2.24) is 0 Å². The molecule has 0 spiro atoms. The van der Waals surface area contributed by atoms with E-state index in [2.05, 4.69) is 10.1 Å². The summed E-state index contributed by atoms with van der Waals surface area (Å²) < 4.78 is 44.7. The van der Waals surface area contributed by atoms with Gasteiger partial charge in [-0.15, -0.1) is 13.2 Å². The third-order valence-electron chi connectivity index (χ3n) is 1.83. The van der Waals surface area contributed by atoms with Crippen LogP contribution in [0.2, 0.25) is 0 Å². The Balaban J connectivity index is 2.34. The number of hydrogen-bond acceptors (Lipinski definition) is 3. The second kappa shape index (κ2) is 3.58. The molecule has 1 aliphatic rings. The first-order chi connectivity index (χ1) is 7.46. The Labute approximate surface area is 88.0 Å². The molecule has 0 aliphatic carbocycles. The number of rotatable bonds is 1. The molecule has 1 aromatic carbocycles. The fraction of sp³-hybridized carbons (Fsp3) is 0.222. The predicted octanol–water partition coefficient (Wildman–Crippen LogP) is 1.92. The van der Waals surface area contributed by atoms with Crippen LogP contribution in [0.5, 0.6) is 11.5 Å². The molecule has 0 fully saturated rings. The molecule has 86 valence electrons. The van der Waals surface area contributed by atoms with Crippen LogP contribution in [0.3, 0.4) is 0 Å². The largest absolute Gasteiger partial charge is 0.573 e. The molecule has 1 amide bonds. The van der Waals surface area contributed by atoms with E-state index in [1.807, 2.05) is 0 Å². The van der Waals surface area contributed by atoms with Gasteiger partial charge in [-0.2, -0.15) is 0 Å². The van der Waals surface area contributed by atoms with E-state index < -0.39 is 18.0 Å². The number of halogens is 3. The molecular weight excluding hydrogens is 227 g/mol. The molecule has 0 saturated heterocycles. The van der Waals surface area contributed by atoms with E-state index in [1.165, 1.54) is 12.1 Å². The van der Waals surface area contributed by atoms with Gasteiger partial charge in [-0.1, -0.05) is 6.07 Å². The highest BCUT2D eigenvalue weighted by Crippen LogP contribution is 2.39. The van der Waals surface area contributed by atoms with Crippen molar-refractivity contribution in [2.45, 2.75) is 6.36 Å². The summed E-state index contributed by atoms with van der Waals surface area (Å²) >= 11 is 0. The maximum absolute atomic E-state index is 12.0. The number of nitrogens with one attached hydrogen (secondary N) is 1. The Morgan fingerprint density at radius 3 is 2.81 bits per heavy atom. The lowest BCUT2D eigenvalue weighted by atomic mass is 10.2. The average Bonchev–Trinajstić information content (AvgIpc) is 2.15. The first-order valence-corrected chi connectivity index (χ1v) is 4.27. The second-order valence-electron chi connectivity index (χ2n) is 3.02. The molecule has 16 heavy (non-hydrogen) atoms. The summed E-state index contributed by atoms with van der Waals surface area (Å²) in [5.41, 5.74) is 0.165. The molecule has 0 atom stereocenters. The number of benzene rings is 1. The van der Waals surface area contributed by atoms with Gasteiger partial charge >= 0.3 is 6.36 Å². The van der Waals surface area contributed by atoms with Gasteiger partial charge in [0.25, 0.3) is 5.91 Å². The molecule has 1 aromatic rings. The third kappa shape index (κ3) is 2.18. The Hall–Kier alpha value is -1.92. The number of fused-ring (bicyclic) bond motifs is 1. The standard InChI is InChI=1S/C9H6F3NO3/c10-9(11,12)16-6-3-1-2-5-8(6)15-4-7(14)13-5/h1-3H,4H2,(H,13,14). The van der Waals surface area contributed by atoms with E-state index in [0.717, 1.165) is 6.07 Å². The van der Waals surface area contributed by atoms with Gasteiger partial charge in [0, 0.05) is 0 Å². The first-order valence-electron chi connectivity index (χ1n) is 4.27. The quantitative estimate of drug-likeness (QED) is 0.806. The Bertz CT molecular complexity index is 430. The number of amides is 1. The zero-order chi connectivity index (χ0) is 11.8. The SMILES string of the molecule is O=C1COc2c(cccc2OC(F)(F)F)N1. The highest BCUT2D eigenvalue weighted by Gasteiger charge is 2.33. The lowest BCUT2D eigenvalue weighted by molar-refractivity contribution is -0.275. The number of para-hydroxylation sites is 1. The van der Waals surface area contributed by atoms with Crippen molar-refractivity contribution in [1.29, 1.82) is 0 Å². The lowest BCUT2D eigenvalue weighted by Gasteiger charge is -2.20. The van der Waals surface area contributed by atoms with E-state index >= 15 is 0 Å². The van der Waals surface area contributed by atoms with Gasteiger partial charge in [0.2, 0.25) is 0 Å². The van der Waals surface area contributed by atoms with Gasteiger partial charge < -0.3 is 14.8 Å². The van der Waals surface area contributed by atoms with Crippen LogP contribution in [-0.2, 0) is 4.79 Å². The molecule has 0 bridgehead atoms. The minimum atomic E-state index is -4.79. The lowest BCUT2D eigenvalue weighted by Crippen LogP contribution is -2.26. The Morgan fingerprint density at radius 2 is 2.12 bits per heavy atom. The molecule has 1 heterocycles. The number of hydrogen-bond donors (Lipinski definition) is 1. The highest BCUT2D eigenvalue weighted by molar-refractivity contribution is 5.96. The van der Waals surface area contributed by atoms with Crippen LogP contribution in [0.1, 0.15) is 0 Å². The fourth-order valence-electron chi connectivity index (χ4n) is 1.29. The van der Waals surface area contributed by atoms with Gasteiger partial charge in [-0.05, 0) is 12.1 Å². The minimum absolute atomic E-state index is 0.112. The molecule has 0 aromatic heterocycles. The normalized spacial score (nSPS) is 14.8. The number of carbonyl (C=O) groups is 1. The van der Waals surface area contributed by atoms with Crippen molar-refractivity contribution in [3.63, 3.8) is 0 Å². The molecule has 4 nitrogen and oxygen atoms in total. The monoisotopic (exact) mass is 233 g/mol. The number of ether oxygens (including phenoxy) is 2. The summed E-state index contributed by atoms with van der Waals surface area (Å²) in [6.45, 7) is -0.328. The van der Waals surface area contributed by atoms with E-state index in [1.54, 1.807) is 0 Å². The van der Waals surface area contributed by atoms with Crippen molar-refractivity contribution in [2.75, 3.05) is 11.9 Å². The molecule has 0 saturated carbocycles. The van der Waals surface area contributed by atoms with Gasteiger partial charge in [0.1, 0.15) is 0 Å². The van der Waals surface area contributed by atoms with Crippen LogP contribution in [-0.4, -0.2) is 18.9 Å². The Morgan fingerprint density at radius 1 is 1.38 bits per heavy atom. The summed E-state index contributed by atoms with van der Waals surface area (Å²) in [4.78, 5) is 10.9. The number of anilines is 1.